The van der Waals surface area contributed by atoms with Crippen LogP contribution >= 0.6 is 0 Å². The van der Waals surface area contributed by atoms with Gasteiger partial charge in [-0.05, 0) is 37.8 Å². The third-order valence-electron chi connectivity index (χ3n) is 3.76. The molecule has 1 heterocycles. The maximum Gasteiger partial charge on any atom is 0.308 e. The molecule has 0 bridgehead atoms. The van der Waals surface area contributed by atoms with Crippen LogP contribution < -0.4 is 0 Å². The highest BCUT2D eigenvalue weighted by Gasteiger charge is 2.31. The van der Waals surface area contributed by atoms with E-state index in [1.165, 1.54) is 25.4 Å². The molecule has 5 nitrogen and oxygen atoms in total. The smallest absolute Gasteiger partial charge is 0.308 e. The molecule has 0 saturated heterocycles. The Hall–Kier alpha value is -1.98. The number of esters is 1. The monoisotopic (exact) mass is 280 g/mol. The van der Waals surface area contributed by atoms with Crippen LogP contribution in [0, 0.1) is 17.7 Å². The van der Waals surface area contributed by atoms with E-state index in [0.717, 1.165) is 0 Å². The van der Waals surface area contributed by atoms with Crippen molar-refractivity contribution in [2.24, 2.45) is 17.0 Å². The highest BCUT2D eigenvalue weighted by molar-refractivity contribution is 6.00. The molecule has 0 aromatic carbocycles. The first kappa shape index (κ1) is 14.4. The Morgan fingerprint density at radius 1 is 1.40 bits per heavy atom. The van der Waals surface area contributed by atoms with Gasteiger partial charge in [-0.25, -0.2) is 4.39 Å². The zero-order valence-electron chi connectivity index (χ0n) is 11.3. The van der Waals surface area contributed by atoms with Crippen LogP contribution in [0.1, 0.15) is 31.4 Å². The van der Waals surface area contributed by atoms with Crippen LogP contribution in [-0.2, 0) is 9.53 Å². The van der Waals surface area contributed by atoms with Crippen LogP contribution in [0.25, 0.3) is 0 Å². The average Bonchev–Trinajstić information content (AvgIpc) is 2.50. The van der Waals surface area contributed by atoms with Crippen LogP contribution in [-0.4, -0.2) is 29.0 Å². The number of oxime groups is 1. The molecule has 2 rings (SSSR count). The highest BCUT2D eigenvalue weighted by Crippen LogP contribution is 2.32. The summed E-state index contributed by atoms with van der Waals surface area (Å²) in [5, 5.41) is 12.4. The SMILES string of the molecule is COC(=O)[C@H]1CC[C@H](/C(=N\O)c2ncccc2F)CC1. The van der Waals surface area contributed by atoms with Gasteiger partial charge in [0.2, 0.25) is 0 Å². The largest absolute Gasteiger partial charge is 0.469 e. The van der Waals surface area contributed by atoms with E-state index in [9.17, 15) is 9.18 Å². The van der Waals surface area contributed by atoms with Gasteiger partial charge in [0.1, 0.15) is 11.4 Å². The number of rotatable bonds is 3. The summed E-state index contributed by atoms with van der Waals surface area (Å²) in [7, 11) is 1.37. The Morgan fingerprint density at radius 3 is 2.60 bits per heavy atom. The second kappa shape index (κ2) is 6.45. The third-order valence-corrected chi connectivity index (χ3v) is 3.76. The molecular weight excluding hydrogens is 263 g/mol. The van der Waals surface area contributed by atoms with E-state index in [0.29, 0.717) is 25.7 Å². The van der Waals surface area contributed by atoms with Crippen molar-refractivity contribution < 1.29 is 19.1 Å². The molecule has 20 heavy (non-hydrogen) atoms. The minimum absolute atomic E-state index is 0.0801. The third kappa shape index (κ3) is 2.95. The first-order chi connectivity index (χ1) is 9.67. The molecule has 1 aromatic heterocycles. The lowest BCUT2D eigenvalue weighted by atomic mass is 9.79. The molecule has 1 N–H and O–H groups in total. The molecule has 1 fully saturated rings. The first-order valence-electron chi connectivity index (χ1n) is 6.58. The molecule has 0 spiro atoms. The minimum Gasteiger partial charge on any atom is -0.469 e. The van der Waals surface area contributed by atoms with Gasteiger partial charge in [0, 0.05) is 12.1 Å². The number of nitrogens with zero attached hydrogens (tertiary/aromatic N) is 2. The number of hydrogen-bond donors (Lipinski definition) is 1. The lowest BCUT2D eigenvalue weighted by Crippen LogP contribution is -2.28. The Labute approximate surface area is 116 Å². The van der Waals surface area contributed by atoms with E-state index >= 15 is 0 Å². The zero-order chi connectivity index (χ0) is 14.5. The number of pyridine rings is 1. The van der Waals surface area contributed by atoms with Crippen molar-refractivity contribution in [2.75, 3.05) is 7.11 Å². The molecule has 0 unspecified atom stereocenters. The van der Waals surface area contributed by atoms with Crippen LogP contribution in [0.3, 0.4) is 0 Å². The Bertz CT molecular complexity index is 511. The summed E-state index contributed by atoms with van der Waals surface area (Å²) in [5.41, 5.74) is 0.336. The van der Waals surface area contributed by atoms with Gasteiger partial charge in [-0.1, -0.05) is 5.16 Å². The Balaban J connectivity index is 2.09. The van der Waals surface area contributed by atoms with Gasteiger partial charge < -0.3 is 9.94 Å². The quantitative estimate of drug-likeness (QED) is 0.399. The van der Waals surface area contributed by atoms with E-state index < -0.39 is 5.82 Å². The number of ether oxygens (including phenoxy) is 1. The summed E-state index contributed by atoms with van der Waals surface area (Å²) in [6.07, 6.45) is 4.05. The number of aromatic nitrogens is 1. The number of carbonyl (C=O) groups is 1. The molecule has 108 valence electrons. The van der Waals surface area contributed by atoms with Gasteiger partial charge in [0.15, 0.2) is 5.82 Å². The van der Waals surface area contributed by atoms with Crippen molar-refractivity contribution >= 4 is 11.7 Å². The fourth-order valence-electron chi connectivity index (χ4n) is 2.67. The second-order valence-corrected chi connectivity index (χ2v) is 4.89. The van der Waals surface area contributed by atoms with Crippen molar-refractivity contribution in [1.29, 1.82) is 0 Å². The van der Waals surface area contributed by atoms with Crippen molar-refractivity contribution in [2.45, 2.75) is 25.7 Å². The molecule has 1 aromatic rings. The molecule has 6 heteroatoms. The summed E-state index contributed by atoms with van der Waals surface area (Å²) in [6, 6.07) is 2.77. The maximum atomic E-state index is 13.7. The standard InChI is InChI=1S/C14H17FN2O3/c1-20-14(18)10-6-4-9(5-7-10)12(17-19)13-11(15)3-2-8-16-13/h2-3,8-10,19H,4-7H2,1H3/b17-12+/t9-,10-. The second-order valence-electron chi connectivity index (χ2n) is 4.89. The first-order valence-corrected chi connectivity index (χ1v) is 6.58. The number of methoxy groups -OCH3 is 1. The molecule has 0 radical (unpaired) electrons. The average molecular weight is 280 g/mol. The molecule has 0 atom stereocenters. The fourth-order valence-corrected chi connectivity index (χ4v) is 2.67. The van der Waals surface area contributed by atoms with Gasteiger partial charge in [0.25, 0.3) is 0 Å². The van der Waals surface area contributed by atoms with E-state index in [1.807, 2.05) is 0 Å². The van der Waals surface area contributed by atoms with E-state index in [-0.39, 0.29) is 29.2 Å². The van der Waals surface area contributed by atoms with Gasteiger partial charge in [0.05, 0.1) is 13.0 Å². The summed E-state index contributed by atoms with van der Waals surface area (Å²) in [4.78, 5) is 15.4. The lowest BCUT2D eigenvalue weighted by Gasteiger charge is -2.27. The Kier molecular flexibility index (Phi) is 4.65. The van der Waals surface area contributed by atoms with Crippen molar-refractivity contribution in [3.8, 4) is 0 Å². The molecule has 1 saturated carbocycles. The summed E-state index contributed by atoms with van der Waals surface area (Å²) in [5.74, 6) is -0.930. The number of halogens is 1. The predicted octanol–water partition coefficient (Wildman–Crippen LogP) is 2.38. The van der Waals surface area contributed by atoms with Crippen LogP contribution in [0.4, 0.5) is 4.39 Å². The molecule has 0 amide bonds. The van der Waals surface area contributed by atoms with Crippen LogP contribution in [0.2, 0.25) is 0 Å². The van der Waals surface area contributed by atoms with Gasteiger partial charge in [-0.2, -0.15) is 0 Å². The number of hydrogen-bond acceptors (Lipinski definition) is 5. The lowest BCUT2D eigenvalue weighted by molar-refractivity contribution is -0.146. The van der Waals surface area contributed by atoms with Gasteiger partial charge >= 0.3 is 5.97 Å². The van der Waals surface area contributed by atoms with Crippen molar-refractivity contribution in [3.63, 3.8) is 0 Å². The summed E-state index contributed by atoms with van der Waals surface area (Å²) >= 11 is 0. The minimum atomic E-state index is -0.504. The van der Waals surface area contributed by atoms with E-state index in [2.05, 4.69) is 10.1 Å². The topological polar surface area (TPSA) is 71.8 Å². The summed E-state index contributed by atoms with van der Waals surface area (Å²) in [6.45, 7) is 0. The molecular formula is C14H17FN2O3. The maximum absolute atomic E-state index is 13.7. The highest BCUT2D eigenvalue weighted by atomic mass is 19.1. The normalized spacial score (nSPS) is 23.4. The van der Waals surface area contributed by atoms with Crippen LogP contribution in [0.15, 0.2) is 23.5 Å². The predicted molar refractivity (Wildman–Crippen MR) is 70.0 cm³/mol. The van der Waals surface area contributed by atoms with Crippen molar-refractivity contribution in [3.05, 3.63) is 29.8 Å². The molecule has 1 aliphatic rings. The zero-order valence-corrected chi connectivity index (χ0v) is 11.3. The number of carbonyl (C=O) groups excluding carboxylic acids is 1. The van der Waals surface area contributed by atoms with Gasteiger partial charge in [-0.3, -0.25) is 9.78 Å². The molecule has 1 aliphatic carbocycles. The fraction of sp³-hybridized carbons (Fsp3) is 0.500. The van der Waals surface area contributed by atoms with Crippen molar-refractivity contribution in [1.82, 2.24) is 4.98 Å². The van der Waals surface area contributed by atoms with E-state index in [1.54, 1.807) is 0 Å². The van der Waals surface area contributed by atoms with E-state index in [4.69, 9.17) is 9.94 Å². The molecule has 0 aliphatic heterocycles. The Morgan fingerprint density at radius 2 is 2.05 bits per heavy atom. The van der Waals surface area contributed by atoms with Crippen LogP contribution in [0.5, 0.6) is 0 Å². The van der Waals surface area contributed by atoms with Gasteiger partial charge in [-0.15, -0.1) is 0 Å². The summed E-state index contributed by atoms with van der Waals surface area (Å²) < 4.78 is 18.4.